The fraction of sp³-hybridized carbons (Fsp3) is 0.588. The van der Waals surface area contributed by atoms with E-state index in [-0.39, 0.29) is 28.2 Å². The smallest absolute Gasteiger partial charge is 0.257 e. The molecule has 1 N–H and O–H groups in total. The Labute approximate surface area is 160 Å². The zero-order chi connectivity index (χ0) is 19.6. The van der Waals surface area contributed by atoms with Gasteiger partial charge < -0.3 is 14.8 Å². The number of hydrogen-bond acceptors (Lipinski definition) is 5. The van der Waals surface area contributed by atoms with Crippen LogP contribution < -0.4 is 10.1 Å². The van der Waals surface area contributed by atoms with Gasteiger partial charge in [0, 0.05) is 32.8 Å². The molecule has 0 aromatic heterocycles. The highest BCUT2D eigenvalue weighted by molar-refractivity contribution is 7.89. The van der Waals surface area contributed by atoms with Gasteiger partial charge in [-0.25, -0.2) is 8.42 Å². The summed E-state index contributed by atoms with van der Waals surface area (Å²) >= 11 is 6.12. The number of carbonyl (C=O) groups is 1. The first-order chi connectivity index (χ1) is 12.4. The van der Waals surface area contributed by atoms with E-state index in [1.807, 2.05) is 6.92 Å². The third kappa shape index (κ3) is 6.75. The number of rotatable bonds is 12. The first-order valence-corrected chi connectivity index (χ1v) is 10.5. The Balaban J connectivity index is 2.61. The van der Waals surface area contributed by atoms with Crippen LogP contribution >= 0.6 is 11.6 Å². The lowest BCUT2D eigenvalue weighted by Crippen LogP contribution is -2.31. The van der Waals surface area contributed by atoms with E-state index in [2.05, 4.69) is 5.32 Å². The van der Waals surface area contributed by atoms with Crippen molar-refractivity contribution < 1.29 is 22.7 Å². The van der Waals surface area contributed by atoms with Gasteiger partial charge in [0.25, 0.3) is 5.91 Å². The quantitative estimate of drug-likeness (QED) is 0.538. The second-order valence-corrected chi connectivity index (χ2v) is 7.72. The highest BCUT2D eigenvalue weighted by Crippen LogP contribution is 2.28. The third-order valence-electron chi connectivity index (χ3n) is 3.60. The first kappa shape index (κ1) is 22.7. The molecule has 0 unspecified atom stereocenters. The lowest BCUT2D eigenvalue weighted by molar-refractivity contribution is -0.123. The topological polar surface area (TPSA) is 84.9 Å². The molecule has 0 saturated carbocycles. The molecule has 0 fully saturated rings. The molecule has 0 spiro atoms. The number of halogens is 1. The largest absolute Gasteiger partial charge is 0.482 e. The molecule has 148 valence electrons. The van der Waals surface area contributed by atoms with Crippen LogP contribution in [0, 0.1) is 0 Å². The van der Waals surface area contributed by atoms with Gasteiger partial charge in [-0.3, -0.25) is 4.79 Å². The van der Waals surface area contributed by atoms with Gasteiger partial charge in [0.05, 0.1) is 9.92 Å². The van der Waals surface area contributed by atoms with E-state index in [9.17, 15) is 13.2 Å². The maximum Gasteiger partial charge on any atom is 0.257 e. The second-order valence-electron chi connectivity index (χ2n) is 5.37. The Morgan fingerprint density at radius 1 is 1.23 bits per heavy atom. The van der Waals surface area contributed by atoms with E-state index in [1.54, 1.807) is 13.8 Å². The number of ether oxygens (including phenoxy) is 2. The number of nitrogens with one attached hydrogen (secondary N) is 1. The van der Waals surface area contributed by atoms with Crippen LogP contribution in [-0.4, -0.2) is 58.1 Å². The van der Waals surface area contributed by atoms with Crippen molar-refractivity contribution in [2.75, 3.05) is 39.5 Å². The third-order valence-corrected chi connectivity index (χ3v) is 5.94. The summed E-state index contributed by atoms with van der Waals surface area (Å²) in [5.74, 6) is -0.0213. The van der Waals surface area contributed by atoms with Crippen molar-refractivity contribution >= 4 is 27.5 Å². The van der Waals surface area contributed by atoms with Crippen LogP contribution in [0.25, 0.3) is 0 Å². The summed E-state index contributed by atoms with van der Waals surface area (Å²) in [6.45, 7) is 7.74. The summed E-state index contributed by atoms with van der Waals surface area (Å²) in [4.78, 5) is 11.8. The summed E-state index contributed by atoms with van der Waals surface area (Å²) in [5.41, 5.74) is 0. The molecule has 0 aliphatic heterocycles. The molecular weight excluding hydrogens is 380 g/mol. The lowest BCUT2D eigenvalue weighted by Gasteiger charge is -2.19. The molecule has 0 aliphatic rings. The zero-order valence-electron chi connectivity index (χ0n) is 15.5. The number of sulfonamides is 1. The molecule has 0 radical (unpaired) electrons. The minimum atomic E-state index is -3.59. The van der Waals surface area contributed by atoms with Crippen LogP contribution in [0.15, 0.2) is 23.1 Å². The standard InChI is InChI=1S/C17H27ClN2O5S/c1-4-20(5-2)26(22,23)14-8-9-16(15(18)12-14)25-13-17(21)19-10-7-11-24-6-3/h8-9,12H,4-7,10-11,13H2,1-3H3,(H,19,21). The molecule has 0 saturated heterocycles. The Morgan fingerprint density at radius 2 is 1.92 bits per heavy atom. The SMILES string of the molecule is CCOCCCNC(=O)COc1ccc(S(=O)(=O)N(CC)CC)cc1Cl. The maximum atomic E-state index is 12.5. The number of benzene rings is 1. The Kier molecular flexibility index (Phi) is 9.93. The molecule has 0 aliphatic carbocycles. The van der Waals surface area contributed by atoms with Crippen molar-refractivity contribution in [2.24, 2.45) is 0 Å². The molecule has 9 heteroatoms. The molecule has 7 nitrogen and oxygen atoms in total. The van der Waals surface area contributed by atoms with Crippen LogP contribution in [0.3, 0.4) is 0 Å². The minimum Gasteiger partial charge on any atom is -0.482 e. The molecule has 0 bridgehead atoms. The Hall–Kier alpha value is -1.35. The minimum absolute atomic E-state index is 0.0962. The van der Waals surface area contributed by atoms with Gasteiger partial charge in [-0.05, 0) is 31.5 Å². The van der Waals surface area contributed by atoms with E-state index >= 15 is 0 Å². The number of amides is 1. The molecule has 1 amide bonds. The summed E-state index contributed by atoms with van der Waals surface area (Å²) < 4.78 is 36.8. The van der Waals surface area contributed by atoms with Gasteiger partial charge in [0.15, 0.2) is 6.61 Å². The molecule has 0 atom stereocenters. The molecule has 1 aromatic rings. The van der Waals surface area contributed by atoms with Gasteiger partial charge in [-0.1, -0.05) is 25.4 Å². The molecule has 1 rings (SSSR count). The fourth-order valence-corrected chi connectivity index (χ4v) is 4.00. The van der Waals surface area contributed by atoms with Crippen LogP contribution in [0.5, 0.6) is 5.75 Å². The molecular formula is C17H27ClN2O5S. The van der Waals surface area contributed by atoms with E-state index in [4.69, 9.17) is 21.1 Å². The van der Waals surface area contributed by atoms with Gasteiger partial charge in [-0.2, -0.15) is 4.31 Å². The number of carbonyl (C=O) groups excluding carboxylic acids is 1. The normalized spacial score (nSPS) is 11.6. The average molecular weight is 407 g/mol. The van der Waals surface area contributed by atoms with E-state index < -0.39 is 10.0 Å². The van der Waals surface area contributed by atoms with Crippen molar-refractivity contribution in [2.45, 2.75) is 32.1 Å². The van der Waals surface area contributed by atoms with Crippen molar-refractivity contribution in [3.05, 3.63) is 23.2 Å². The summed E-state index contributed by atoms with van der Waals surface area (Å²) in [6, 6.07) is 4.22. The van der Waals surface area contributed by atoms with E-state index in [1.165, 1.54) is 22.5 Å². The van der Waals surface area contributed by atoms with Crippen molar-refractivity contribution in [3.63, 3.8) is 0 Å². The van der Waals surface area contributed by atoms with Crippen LogP contribution in [0.2, 0.25) is 5.02 Å². The van der Waals surface area contributed by atoms with Gasteiger partial charge >= 0.3 is 0 Å². The summed E-state index contributed by atoms with van der Waals surface area (Å²) in [5, 5.41) is 2.85. The highest BCUT2D eigenvalue weighted by Gasteiger charge is 2.22. The van der Waals surface area contributed by atoms with Gasteiger partial charge in [0.2, 0.25) is 10.0 Å². The molecule has 1 aromatic carbocycles. The van der Waals surface area contributed by atoms with Gasteiger partial charge in [-0.15, -0.1) is 0 Å². The highest BCUT2D eigenvalue weighted by atomic mass is 35.5. The fourth-order valence-electron chi connectivity index (χ4n) is 2.21. The zero-order valence-corrected chi connectivity index (χ0v) is 17.0. The van der Waals surface area contributed by atoms with Crippen LogP contribution in [-0.2, 0) is 19.6 Å². The monoisotopic (exact) mass is 406 g/mol. The number of hydrogen-bond donors (Lipinski definition) is 1. The van der Waals surface area contributed by atoms with E-state index in [0.717, 1.165) is 6.42 Å². The predicted molar refractivity (Wildman–Crippen MR) is 101 cm³/mol. The van der Waals surface area contributed by atoms with Crippen molar-refractivity contribution in [3.8, 4) is 5.75 Å². The summed E-state index contributed by atoms with van der Waals surface area (Å²) in [6.07, 6.45) is 0.720. The predicted octanol–water partition coefficient (Wildman–Crippen LogP) is 2.29. The second kappa shape index (κ2) is 11.4. The first-order valence-electron chi connectivity index (χ1n) is 8.63. The van der Waals surface area contributed by atoms with Crippen LogP contribution in [0.4, 0.5) is 0 Å². The van der Waals surface area contributed by atoms with E-state index in [0.29, 0.717) is 32.8 Å². The van der Waals surface area contributed by atoms with Crippen LogP contribution in [0.1, 0.15) is 27.2 Å². The molecule has 26 heavy (non-hydrogen) atoms. The summed E-state index contributed by atoms with van der Waals surface area (Å²) in [7, 11) is -3.59. The van der Waals surface area contributed by atoms with Crippen molar-refractivity contribution in [1.82, 2.24) is 9.62 Å². The average Bonchev–Trinajstić information content (AvgIpc) is 2.61. The maximum absolute atomic E-state index is 12.5. The lowest BCUT2D eigenvalue weighted by atomic mass is 10.3. The molecule has 0 heterocycles. The van der Waals surface area contributed by atoms with Crippen molar-refractivity contribution in [1.29, 1.82) is 0 Å². The Morgan fingerprint density at radius 3 is 2.50 bits per heavy atom. The van der Waals surface area contributed by atoms with Gasteiger partial charge in [0.1, 0.15) is 5.75 Å². The Bertz CT molecular complexity index is 678. The number of nitrogens with zero attached hydrogens (tertiary/aromatic N) is 1.